The van der Waals surface area contributed by atoms with E-state index in [1.54, 1.807) is 0 Å². The molecule has 3 aromatic heterocycles. The second-order valence-corrected chi connectivity index (χ2v) is 8.96. The van der Waals surface area contributed by atoms with Crippen LogP contribution in [0.5, 0.6) is 0 Å². The van der Waals surface area contributed by atoms with Crippen LogP contribution in [0.2, 0.25) is 0 Å². The molecule has 4 heterocycles. The zero-order valence-electron chi connectivity index (χ0n) is 15.9. The number of aromatic nitrogens is 3. The highest BCUT2D eigenvalue weighted by molar-refractivity contribution is 7.19. The van der Waals surface area contributed by atoms with Crippen LogP contribution in [0.4, 0.5) is 5.82 Å². The Morgan fingerprint density at radius 2 is 1.78 bits per heavy atom. The van der Waals surface area contributed by atoms with Crippen LogP contribution in [-0.4, -0.2) is 40.1 Å². The molecule has 0 amide bonds. The highest BCUT2D eigenvalue weighted by Crippen LogP contribution is 2.41. The number of nitrogens with one attached hydrogen (secondary N) is 1. The molecular formula is C21H25N5S. The minimum Gasteiger partial charge on any atom is -0.353 e. The van der Waals surface area contributed by atoms with Crippen LogP contribution < -0.4 is 10.2 Å². The van der Waals surface area contributed by atoms with Gasteiger partial charge in [-0.25, -0.2) is 9.97 Å². The third-order valence-electron chi connectivity index (χ3n) is 5.59. The molecular weight excluding hydrogens is 354 g/mol. The summed E-state index contributed by atoms with van der Waals surface area (Å²) in [5, 5.41) is 4.95. The topological polar surface area (TPSA) is 53.9 Å². The Morgan fingerprint density at radius 1 is 1.04 bits per heavy atom. The van der Waals surface area contributed by atoms with Gasteiger partial charge in [-0.2, -0.15) is 0 Å². The Bertz CT molecular complexity index is 958. The first-order chi connectivity index (χ1) is 13.2. The molecule has 0 unspecified atom stereocenters. The van der Waals surface area contributed by atoms with Crippen molar-refractivity contribution < 1.29 is 0 Å². The van der Waals surface area contributed by atoms with Crippen molar-refractivity contribution in [1.82, 2.24) is 20.3 Å². The van der Waals surface area contributed by atoms with E-state index in [-0.39, 0.29) is 0 Å². The fourth-order valence-electron chi connectivity index (χ4n) is 4.50. The molecule has 1 fully saturated rings. The van der Waals surface area contributed by atoms with Crippen molar-refractivity contribution in [3.05, 3.63) is 35.0 Å². The smallest absolute Gasteiger partial charge is 0.163 e. The Labute approximate surface area is 163 Å². The zero-order chi connectivity index (χ0) is 18.4. The van der Waals surface area contributed by atoms with Gasteiger partial charge < -0.3 is 10.2 Å². The van der Waals surface area contributed by atoms with E-state index in [4.69, 9.17) is 9.97 Å². The normalized spacial score (nSPS) is 22.8. The maximum absolute atomic E-state index is 5.11. The molecule has 1 aliphatic carbocycles. The molecule has 27 heavy (non-hydrogen) atoms. The first kappa shape index (κ1) is 17.1. The van der Waals surface area contributed by atoms with E-state index in [1.165, 1.54) is 35.1 Å². The average Bonchev–Trinajstić information content (AvgIpc) is 3.05. The van der Waals surface area contributed by atoms with Gasteiger partial charge in [-0.3, -0.25) is 4.98 Å². The van der Waals surface area contributed by atoms with Crippen molar-refractivity contribution in [2.75, 3.05) is 18.0 Å². The van der Waals surface area contributed by atoms with E-state index in [2.05, 4.69) is 29.0 Å². The standard InChI is InChI=1S/C21H25N5S/c1-13-11-26(12-14(2)23-13)20-18-16-5-3-4-6-17(16)27-21(18)25-19(24-20)15-7-9-22-10-8-15/h7-10,13-14,23H,3-6,11-12H2,1-2H3/t13-,14+. The van der Waals surface area contributed by atoms with Gasteiger partial charge >= 0.3 is 0 Å². The van der Waals surface area contributed by atoms with Crippen LogP contribution in [0.3, 0.4) is 0 Å². The van der Waals surface area contributed by atoms with Crippen molar-refractivity contribution in [3.63, 3.8) is 0 Å². The lowest BCUT2D eigenvalue weighted by Gasteiger charge is -2.37. The van der Waals surface area contributed by atoms with Gasteiger partial charge in [-0.1, -0.05) is 0 Å². The molecule has 1 aliphatic heterocycles. The number of piperazine rings is 1. The predicted molar refractivity (Wildman–Crippen MR) is 112 cm³/mol. The molecule has 140 valence electrons. The SMILES string of the molecule is C[C@@H]1CN(c2nc(-c3ccncc3)nc3sc4c(c23)CCCC4)C[C@H](C)N1. The Balaban J connectivity index is 1.71. The fourth-order valence-corrected chi connectivity index (χ4v) is 5.75. The largest absolute Gasteiger partial charge is 0.353 e. The van der Waals surface area contributed by atoms with Gasteiger partial charge in [0.15, 0.2) is 5.82 Å². The van der Waals surface area contributed by atoms with Crippen molar-refractivity contribution in [3.8, 4) is 11.4 Å². The van der Waals surface area contributed by atoms with E-state index in [1.807, 2.05) is 35.9 Å². The molecule has 2 aliphatic rings. The summed E-state index contributed by atoms with van der Waals surface area (Å²) in [6.07, 6.45) is 8.56. The first-order valence-corrected chi connectivity index (χ1v) is 10.7. The van der Waals surface area contributed by atoms with Gasteiger partial charge in [-0.05, 0) is 57.2 Å². The summed E-state index contributed by atoms with van der Waals surface area (Å²) >= 11 is 1.88. The Kier molecular flexibility index (Phi) is 4.32. The van der Waals surface area contributed by atoms with Crippen molar-refractivity contribution in [2.24, 2.45) is 0 Å². The molecule has 1 saturated heterocycles. The Hall–Kier alpha value is -2.05. The third kappa shape index (κ3) is 3.11. The molecule has 3 aromatic rings. The van der Waals surface area contributed by atoms with Crippen LogP contribution >= 0.6 is 11.3 Å². The summed E-state index contributed by atoms with van der Waals surface area (Å²) in [6.45, 7) is 6.48. The summed E-state index contributed by atoms with van der Waals surface area (Å²) in [5.74, 6) is 1.95. The quantitative estimate of drug-likeness (QED) is 0.734. The molecule has 0 spiro atoms. The number of pyridine rings is 1. The van der Waals surface area contributed by atoms with Crippen LogP contribution in [0.25, 0.3) is 21.6 Å². The summed E-state index contributed by atoms with van der Waals surface area (Å²) < 4.78 is 0. The minimum atomic E-state index is 0.456. The van der Waals surface area contributed by atoms with Crippen LogP contribution in [0.1, 0.15) is 37.1 Å². The molecule has 2 atom stereocenters. The second kappa shape index (κ2) is 6.84. The van der Waals surface area contributed by atoms with E-state index >= 15 is 0 Å². The number of nitrogens with zero attached hydrogens (tertiary/aromatic N) is 4. The van der Waals surface area contributed by atoms with Crippen molar-refractivity contribution in [1.29, 1.82) is 0 Å². The third-order valence-corrected chi connectivity index (χ3v) is 6.78. The molecule has 0 saturated carbocycles. The lowest BCUT2D eigenvalue weighted by Crippen LogP contribution is -2.54. The Morgan fingerprint density at radius 3 is 2.56 bits per heavy atom. The van der Waals surface area contributed by atoms with Gasteiger partial charge in [0.25, 0.3) is 0 Å². The number of fused-ring (bicyclic) bond motifs is 3. The van der Waals surface area contributed by atoms with Gasteiger partial charge in [0.05, 0.1) is 5.39 Å². The summed E-state index contributed by atoms with van der Waals surface area (Å²) in [6, 6.07) is 4.92. The van der Waals surface area contributed by atoms with Crippen molar-refractivity contribution >= 4 is 27.4 Å². The first-order valence-electron chi connectivity index (χ1n) is 9.92. The number of rotatable bonds is 2. The summed E-state index contributed by atoms with van der Waals surface area (Å²) in [5.41, 5.74) is 2.55. The van der Waals surface area contributed by atoms with E-state index in [9.17, 15) is 0 Å². The van der Waals surface area contributed by atoms with Crippen LogP contribution in [0, 0.1) is 0 Å². The van der Waals surface area contributed by atoms with Crippen molar-refractivity contribution in [2.45, 2.75) is 51.6 Å². The maximum atomic E-state index is 5.11. The van der Waals surface area contributed by atoms with E-state index in [0.29, 0.717) is 12.1 Å². The van der Waals surface area contributed by atoms with Crippen LogP contribution in [-0.2, 0) is 12.8 Å². The van der Waals surface area contributed by atoms with Gasteiger partial charge in [0.1, 0.15) is 10.6 Å². The van der Waals surface area contributed by atoms with Crippen LogP contribution in [0.15, 0.2) is 24.5 Å². The predicted octanol–water partition coefficient (Wildman–Crippen LogP) is 3.82. The molecule has 0 radical (unpaired) electrons. The molecule has 5 rings (SSSR count). The van der Waals surface area contributed by atoms with Gasteiger partial charge in [0, 0.05) is 48.0 Å². The average molecular weight is 380 g/mol. The van der Waals surface area contributed by atoms with E-state index in [0.717, 1.165) is 41.5 Å². The minimum absolute atomic E-state index is 0.456. The number of aryl methyl sites for hydroxylation is 2. The molecule has 0 aromatic carbocycles. The lowest BCUT2D eigenvalue weighted by atomic mass is 9.96. The molecule has 0 bridgehead atoms. The molecule has 1 N–H and O–H groups in total. The van der Waals surface area contributed by atoms with Gasteiger partial charge in [-0.15, -0.1) is 11.3 Å². The van der Waals surface area contributed by atoms with Gasteiger partial charge in [0.2, 0.25) is 0 Å². The second-order valence-electron chi connectivity index (χ2n) is 7.87. The zero-order valence-corrected chi connectivity index (χ0v) is 16.7. The summed E-state index contributed by atoms with van der Waals surface area (Å²) in [4.78, 5) is 19.4. The monoisotopic (exact) mass is 379 g/mol. The summed E-state index contributed by atoms with van der Waals surface area (Å²) in [7, 11) is 0. The maximum Gasteiger partial charge on any atom is 0.163 e. The lowest BCUT2D eigenvalue weighted by molar-refractivity contribution is 0.406. The number of hydrogen-bond donors (Lipinski definition) is 1. The highest BCUT2D eigenvalue weighted by atomic mass is 32.1. The van der Waals surface area contributed by atoms with E-state index < -0.39 is 0 Å². The number of anilines is 1. The molecule has 5 nitrogen and oxygen atoms in total. The highest BCUT2D eigenvalue weighted by Gasteiger charge is 2.28. The number of hydrogen-bond acceptors (Lipinski definition) is 6. The number of thiophene rings is 1. The fraction of sp³-hybridized carbons (Fsp3) is 0.476. The molecule has 6 heteroatoms.